The van der Waals surface area contributed by atoms with Crippen molar-refractivity contribution in [3.05, 3.63) is 53.1 Å². The summed E-state index contributed by atoms with van der Waals surface area (Å²) in [7, 11) is -3.98. The van der Waals surface area contributed by atoms with Gasteiger partial charge in [-0.15, -0.1) is 0 Å². The first-order chi connectivity index (χ1) is 12.3. The van der Waals surface area contributed by atoms with E-state index in [1.165, 1.54) is 24.3 Å². The number of benzene rings is 2. The number of carboxylic acids is 1. The van der Waals surface area contributed by atoms with Crippen molar-refractivity contribution in [2.45, 2.75) is 21.6 Å². The molecule has 4 rings (SSSR count). The second-order valence-electron chi connectivity index (χ2n) is 6.25. The van der Waals surface area contributed by atoms with Crippen molar-refractivity contribution in [2.24, 2.45) is 5.73 Å². The molecule has 1 fully saturated rings. The summed E-state index contributed by atoms with van der Waals surface area (Å²) in [6, 6.07) is 10.4. The lowest BCUT2D eigenvalue weighted by atomic mass is 10.1. The first-order valence-corrected chi connectivity index (χ1v) is 9.60. The van der Waals surface area contributed by atoms with Gasteiger partial charge in [0.1, 0.15) is 10.8 Å². The predicted octanol–water partition coefficient (Wildman–Crippen LogP) is 1.79. The molecule has 136 valence electrons. The summed E-state index contributed by atoms with van der Waals surface area (Å²) in [5.74, 6) is -1.33. The fourth-order valence-electron chi connectivity index (χ4n) is 3.39. The van der Waals surface area contributed by atoms with Crippen LogP contribution in [0.3, 0.4) is 0 Å². The third kappa shape index (κ3) is 2.37. The number of sulfone groups is 1. The molecule has 1 aliphatic carbocycles. The molecule has 26 heavy (non-hydrogen) atoms. The number of rotatable bonds is 4. The van der Waals surface area contributed by atoms with Crippen LogP contribution < -0.4 is 15.2 Å². The molecule has 1 saturated carbocycles. The maximum Gasteiger partial charge on any atom is 0.325 e. The van der Waals surface area contributed by atoms with Gasteiger partial charge in [-0.3, -0.25) is 4.79 Å². The minimum absolute atomic E-state index is 0.0220. The molecular formula is C17H14ClNO6S. The van der Waals surface area contributed by atoms with Gasteiger partial charge < -0.3 is 20.3 Å². The molecule has 1 aliphatic heterocycles. The van der Waals surface area contributed by atoms with Crippen LogP contribution in [0.15, 0.2) is 47.4 Å². The summed E-state index contributed by atoms with van der Waals surface area (Å²) >= 11 is 5.80. The molecule has 2 aromatic rings. The van der Waals surface area contributed by atoms with E-state index in [-0.39, 0.29) is 11.7 Å². The third-order valence-corrected chi connectivity index (χ3v) is 7.29. The number of nitrogens with two attached hydrogens (primary N) is 1. The highest BCUT2D eigenvalue weighted by Crippen LogP contribution is 2.56. The summed E-state index contributed by atoms with van der Waals surface area (Å²) < 4.78 is 36.5. The fraction of sp³-hybridized carbons (Fsp3) is 0.235. The van der Waals surface area contributed by atoms with Crippen molar-refractivity contribution in [1.82, 2.24) is 0 Å². The minimum Gasteiger partial charge on any atom is -0.480 e. The number of carboxylic acid groups (broad SMARTS) is 1. The largest absolute Gasteiger partial charge is 0.480 e. The maximum absolute atomic E-state index is 13.0. The third-order valence-electron chi connectivity index (χ3n) is 4.78. The van der Waals surface area contributed by atoms with Crippen LogP contribution in [0.1, 0.15) is 11.5 Å². The zero-order chi connectivity index (χ0) is 18.7. The molecule has 0 spiro atoms. The molecular weight excluding hydrogens is 382 g/mol. The van der Waals surface area contributed by atoms with E-state index in [9.17, 15) is 18.3 Å². The highest BCUT2D eigenvalue weighted by Gasteiger charge is 2.74. The molecule has 0 saturated heterocycles. The lowest BCUT2D eigenvalue weighted by molar-refractivity contribution is -0.139. The Bertz CT molecular complexity index is 1010. The maximum atomic E-state index is 13.0. The summed E-state index contributed by atoms with van der Waals surface area (Å²) in [6.45, 7) is 0.0582. The molecule has 9 heteroatoms. The number of hydrogen-bond donors (Lipinski definition) is 2. The Balaban J connectivity index is 1.77. The number of hydrogen-bond acceptors (Lipinski definition) is 6. The van der Waals surface area contributed by atoms with E-state index in [2.05, 4.69) is 0 Å². The lowest BCUT2D eigenvalue weighted by Crippen LogP contribution is -2.39. The Morgan fingerprint density at radius 3 is 2.46 bits per heavy atom. The van der Waals surface area contributed by atoms with E-state index in [0.717, 1.165) is 0 Å². The Morgan fingerprint density at radius 1 is 1.15 bits per heavy atom. The molecule has 1 heterocycles. The summed E-state index contributed by atoms with van der Waals surface area (Å²) in [5.41, 5.74) is 4.58. The number of ether oxygens (including phenoxy) is 2. The van der Waals surface area contributed by atoms with E-state index in [4.69, 9.17) is 26.8 Å². The van der Waals surface area contributed by atoms with Gasteiger partial charge in [0, 0.05) is 10.9 Å². The van der Waals surface area contributed by atoms with Crippen LogP contribution in [0, 0.1) is 0 Å². The zero-order valence-electron chi connectivity index (χ0n) is 13.3. The van der Waals surface area contributed by atoms with Crippen LogP contribution in [0.25, 0.3) is 0 Å². The first kappa shape index (κ1) is 17.1. The van der Waals surface area contributed by atoms with Crippen molar-refractivity contribution in [1.29, 1.82) is 0 Å². The first-order valence-electron chi connectivity index (χ1n) is 7.67. The predicted molar refractivity (Wildman–Crippen MR) is 92.3 cm³/mol. The van der Waals surface area contributed by atoms with Gasteiger partial charge in [0.05, 0.1) is 4.90 Å². The van der Waals surface area contributed by atoms with Crippen molar-refractivity contribution in [3.63, 3.8) is 0 Å². The van der Waals surface area contributed by atoms with E-state index >= 15 is 0 Å². The summed E-state index contributed by atoms with van der Waals surface area (Å²) in [5, 5.41) is 8.68. The normalized spacial score (nSPS) is 26.5. The number of fused-ring (bicyclic) bond motifs is 1. The van der Waals surface area contributed by atoms with Gasteiger partial charge in [0.25, 0.3) is 0 Å². The van der Waals surface area contributed by atoms with Crippen molar-refractivity contribution in [3.8, 4) is 11.5 Å². The molecule has 7 nitrogen and oxygen atoms in total. The highest BCUT2D eigenvalue weighted by molar-refractivity contribution is 7.92. The molecule has 0 unspecified atom stereocenters. The van der Waals surface area contributed by atoms with Crippen LogP contribution in [-0.2, 0) is 14.6 Å². The van der Waals surface area contributed by atoms with E-state index < -0.39 is 32.5 Å². The van der Waals surface area contributed by atoms with E-state index in [0.29, 0.717) is 22.1 Å². The molecule has 2 aromatic carbocycles. The Labute approximate surface area is 154 Å². The average molecular weight is 396 g/mol. The van der Waals surface area contributed by atoms with Gasteiger partial charge in [0.2, 0.25) is 6.79 Å². The Morgan fingerprint density at radius 2 is 1.81 bits per heavy atom. The van der Waals surface area contributed by atoms with Gasteiger partial charge in [-0.25, -0.2) is 8.42 Å². The molecule has 2 aliphatic rings. The molecule has 0 radical (unpaired) electrons. The number of halogens is 1. The van der Waals surface area contributed by atoms with Crippen LogP contribution in [-0.4, -0.2) is 37.1 Å². The lowest BCUT2D eigenvalue weighted by Gasteiger charge is -2.07. The Kier molecular flexibility index (Phi) is 3.69. The van der Waals surface area contributed by atoms with Gasteiger partial charge in [0.15, 0.2) is 21.3 Å². The molecule has 0 amide bonds. The topological polar surface area (TPSA) is 116 Å². The monoisotopic (exact) mass is 395 g/mol. The van der Waals surface area contributed by atoms with Gasteiger partial charge in [-0.05, 0) is 42.0 Å². The van der Waals surface area contributed by atoms with Crippen LogP contribution in [0.2, 0.25) is 5.02 Å². The standard InChI is InChI=1S/C17H14ClNO6S/c18-10-2-4-11(5-3-10)26(22,23)15-14(17(15,19)16(20)21)9-1-6-12-13(7-9)25-8-24-12/h1-7,14-15H,8,19H2,(H,20,21)/t14-,15-,17-/m0/s1. The highest BCUT2D eigenvalue weighted by atomic mass is 35.5. The minimum atomic E-state index is -3.98. The summed E-state index contributed by atoms with van der Waals surface area (Å²) in [4.78, 5) is 11.8. The van der Waals surface area contributed by atoms with Crippen LogP contribution in [0.5, 0.6) is 11.5 Å². The molecule has 0 bridgehead atoms. The van der Waals surface area contributed by atoms with Crippen molar-refractivity contribution in [2.75, 3.05) is 6.79 Å². The SMILES string of the molecule is N[C@@]1(C(=O)O)[C@@H](c2ccc3c(c2)OCO3)[C@@H]1S(=O)(=O)c1ccc(Cl)cc1. The fourth-order valence-corrected chi connectivity index (χ4v) is 5.75. The number of aliphatic carboxylic acids is 1. The summed E-state index contributed by atoms with van der Waals surface area (Å²) in [6.07, 6.45) is 0. The van der Waals surface area contributed by atoms with Gasteiger partial charge in [-0.1, -0.05) is 17.7 Å². The van der Waals surface area contributed by atoms with E-state index in [1.54, 1.807) is 18.2 Å². The Hall–Kier alpha value is -2.29. The smallest absolute Gasteiger partial charge is 0.325 e. The van der Waals surface area contributed by atoms with E-state index in [1.807, 2.05) is 0 Å². The quantitative estimate of drug-likeness (QED) is 0.810. The van der Waals surface area contributed by atoms with Crippen LogP contribution >= 0.6 is 11.6 Å². The molecule has 3 atom stereocenters. The second kappa shape index (κ2) is 5.60. The van der Waals surface area contributed by atoms with Crippen molar-refractivity contribution < 1.29 is 27.8 Å². The van der Waals surface area contributed by atoms with Crippen LogP contribution in [0.4, 0.5) is 0 Å². The molecule has 0 aromatic heterocycles. The van der Waals surface area contributed by atoms with Gasteiger partial charge >= 0.3 is 5.97 Å². The van der Waals surface area contributed by atoms with Gasteiger partial charge in [-0.2, -0.15) is 0 Å². The van der Waals surface area contributed by atoms with Crippen molar-refractivity contribution >= 4 is 27.4 Å². The average Bonchev–Trinajstić information content (AvgIpc) is 3.01. The molecule has 3 N–H and O–H groups in total. The zero-order valence-corrected chi connectivity index (χ0v) is 14.8. The second-order valence-corrected chi connectivity index (χ2v) is 8.75. The number of carbonyl (C=O) groups is 1.